The van der Waals surface area contributed by atoms with E-state index in [1.165, 1.54) is 4.90 Å². The van der Waals surface area contributed by atoms with Crippen LogP contribution in [0.15, 0.2) is 63.7 Å². The van der Waals surface area contributed by atoms with Crippen molar-refractivity contribution in [2.75, 3.05) is 11.5 Å². The molecule has 2 aromatic carbocycles. The van der Waals surface area contributed by atoms with E-state index in [4.69, 9.17) is 9.57 Å². The summed E-state index contributed by atoms with van der Waals surface area (Å²) in [5.41, 5.74) is 2.64. The van der Waals surface area contributed by atoms with Gasteiger partial charge in [-0.1, -0.05) is 39.3 Å². The largest absolute Gasteiger partial charge is 0.488 e. The highest BCUT2D eigenvalue weighted by molar-refractivity contribution is 9.10. The van der Waals surface area contributed by atoms with Gasteiger partial charge >= 0.3 is 0 Å². The molecular formula is C20H13BrN2O4. The zero-order valence-corrected chi connectivity index (χ0v) is 15.5. The van der Waals surface area contributed by atoms with E-state index in [0.717, 1.165) is 21.4 Å². The van der Waals surface area contributed by atoms with E-state index < -0.39 is 17.9 Å². The van der Waals surface area contributed by atoms with E-state index in [9.17, 15) is 9.59 Å². The predicted octanol–water partition coefficient (Wildman–Crippen LogP) is 3.17. The van der Waals surface area contributed by atoms with Gasteiger partial charge in [0.05, 0.1) is 5.69 Å². The third kappa shape index (κ3) is 2.49. The standard InChI is InChI=1S/C20H13BrN2O4/c21-13-5-7-14(8-6-13)23-19(24)16-17(22-27-18(16)20(23)25)12-9-11-3-1-2-4-15(11)26-10-12/h1-9,16,18H,10H2. The van der Waals surface area contributed by atoms with E-state index in [1.54, 1.807) is 24.3 Å². The van der Waals surface area contributed by atoms with Crippen LogP contribution >= 0.6 is 15.9 Å². The summed E-state index contributed by atoms with van der Waals surface area (Å²) in [4.78, 5) is 32.3. The van der Waals surface area contributed by atoms with Crippen molar-refractivity contribution in [2.45, 2.75) is 6.10 Å². The molecule has 5 rings (SSSR count). The normalized spacial score (nSPS) is 23.2. The molecule has 7 heteroatoms. The first-order valence-corrected chi connectivity index (χ1v) is 9.22. The van der Waals surface area contributed by atoms with Crippen LogP contribution in [0.5, 0.6) is 5.75 Å². The average Bonchev–Trinajstić information content (AvgIpc) is 3.23. The Morgan fingerprint density at radius 2 is 1.81 bits per heavy atom. The molecule has 0 aromatic heterocycles. The van der Waals surface area contributed by atoms with Crippen LogP contribution in [0.25, 0.3) is 6.08 Å². The van der Waals surface area contributed by atoms with Crippen molar-refractivity contribution in [1.29, 1.82) is 0 Å². The lowest BCUT2D eigenvalue weighted by Gasteiger charge is -2.19. The Labute approximate surface area is 163 Å². The number of para-hydroxylation sites is 1. The molecule has 1 fully saturated rings. The Kier molecular flexibility index (Phi) is 3.65. The highest BCUT2D eigenvalue weighted by Crippen LogP contribution is 2.37. The summed E-state index contributed by atoms with van der Waals surface area (Å²) in [6.07, 6.45) is 1.01. The van der Waals surface area contributed by atoms with Crippen molar-refractivity contribution in [3.8, 4) is 5.75 Å². The Bertz CT molecular complexity index is 1030. The molecule has 0 bridgehead atoms. The van der Waals surface area contributed by atoms with E-state index in [0.29, 0.717) is 11.4 Å². The first-order chi connectivity index (χ1) is 13.1. The molecule has 134 valence electrons. The number of carbonyl (C=O) groups is 2. The molecule has 6 nitrogen and oxygen atoms in total. The highest BCUT2D eigenvalue weighted by Gasteiger charge is 2.56. The number of anilines is 1. The van der Waals surface area contributed by atoms with Crippen molar-refractivity contribution < 1.29 is 19.2 Å². The number of carbonyl (C=O) groups excluding carboxylic acids is 2. The van der Waals surface area contributed by atoms with E-state index >= 15 is 0 Å². The number of rotatable bonds is 2. The smallest absolute Gasteiger partial charge is 0.278 e. The quantitative estimate of drug-likeness (QED) is 0.694. The Hall–Kier alpha value is -2.93. The van der Waals surface area contributed by atoms with Gasteiger partial charge in [0.25, 0.3) is 5.91 Å². The van der Waals surface area contributed by atoms with Crippen LogP contribution < -0.4 is 9.64 Å². The number of imide groups is 1. The lowest BCUT2D eigenvalue weighted by molar-refractivity contribution is -0.126. The molecular weight excluding hydrogens is 412 g/mol. The molecule has 3 aliphatic rings. The van der Waals surface area contributed by atoms with Crippen LogP contribution in [0, 0.1) is 5.92 Å². The molecule has 0 radical (unpaired) electrons. The Balaban J connectivity index is 1.49. The molecule has 0 saturated carbocycles. The molecule has 3 aliphatic heterocycles. The SMILES string of the molecule is O=C1C2ON=C(C3=Cc4ccccc4OC3)C2C(=O)N1c1ccc(Br)cc1. The van der Waals surface area contributed by atoms with E-state index in [2.05, 4.69) is 21.1 Å². The van der Waals surface area contributed by atoms with Gasteiger partial charge in [0.1, 0.15) is 24.0 Å². The fraction of sp³-hybridized carbons (Fsp3) is 0.150. The van der Waals surface area contributed by atoms with Gasteiger partial charge in [-0.25, -0.2) is 4.90 Å². The highest BCUT2D eigenvalue weighted by atomic mass is 79.9. The number of halogens is 1. The molecule has 2 unspecified atom stereocenters. The number of fused-ring (bicyclic) bond motifs is 2. The number of nitrogens with zero attached hydrogens (tertiary/aromatic N) is 2. The first-order valence-electron chi connectivity index (χ1n) is 8.43. The average molecular weight is 425 g/mol. The van der Waals surface area contributed by atoms with E-state index in [-0.39, 0.29) is 12.5 Å². The van der Waals surface area contributed by atoms with Crippen LogP contribution in [-0.2, 0) is 14.4 Å². The second kappa shape index (κ2) is 6.06. The number of hydrogen-bond donors (Lipinski definition) is 0. The monoisotopic (exact) mass is 424 g/mol. The molecule has 3 heterocycles. The minimum Gasteiger partial charge on any atom is -0.488 e. The lowest BCUT2D eigenvalue weighted by atomic mass is 9.92. The maximum Gasteiger partial charge on any atom is 0.278 e. The van der Waals surface area contributed by atoms with Crippen LogP contribution in [0.1, 0.15) is 5.56 Å². The van der Waals surface area contributed by atoms with Crippen molar-refractivity contribution in [2.24, 2.45) is 11.1 Å². The molecule has 2 atom stereocenters. The van der Waals surface area contributed by atoms with Crippen LogP contribution in [0.3, 0.4) is 0 Å². The third-order valence-electron chi connectivity index (χ3n) is 4.86. The summed E-state index contributed by atoms with van der Waals surface area (Å²) >= 11 is 3.35. The number of hydrogen-bond acceptors (Lipinski definition) is 5. The van der Waals surface area contributed by atoms with Crippen molar-refractivity contribution in [1.82, 2.24) is 0 Å². The van der Waals surface area contributed by atoms with Crippen LogP contribution in [0.4, 0.5) is 5.69 Å². The molecule has 0 aliphatic carbocycles. The topological polar surface area (TPSA) is 68.2 Å². The number of amides is 2. The molecule has 2 aromatic rings. The number of oxime groups is 1. The summed E-state index contributed by atoms with van der Waals surface area (Å²) in [5.74, 6) is -0.698. The summed E-state index contributed by atoms with van der Waals surface area (Å²) in [6, 6.07) is 14.6. The van der Waals surface area contributed by atoms with Gasteiger partial charge in [-0.05, 0) is 36.4 Å². The number of ether oxygens (including phenoxy) is 1. The van der Waals surface area contributed by atoms with Gasteiger partial charge in [-0.15, -0.1) is 0 Å². The molecule has 2 amide bonds. The minimum absolute atomic E-state index is 0.280. The van der Waals surface area contributed by atoms with Crippen LogP contribution in [-0.4, -0.2) is 30.2 Å². The van der Waals surface area contributed by atoms with E-state index in [1.807, 2.05) is 30.3 Å². The second-order valence-electron chi connectivity index (χ2n) is 6.46. The van der Waals surface area contributed by atoms with Crippen molar-refractivity contribution in [3.05, 3.63) is 64.1 Å². The summed E-state index contributed by atoms with van der Waals surface area (Å²) in [5, 5.41) is 4.05. The maximum absolute atomic E-state index is 13.0. The van der Waals surface area contributed by atoms with Gasteiger partial charge in [0, 0.05) is 15.6 Å². The van der Waals surface area contributed by atoms with Gasteiger partial charge in [-0.3, -0.25) is 9.59 Å². The van der Waals surface area contributed by atoms with Gasteiger partial charge in [0.2, 0.25) is 12.0 Å². The van der Waals surface area contributed by atoms with Gasteiger partial charge in [0.15, 0.2) is 0 Å². The lowest BCUT2D eigenvalue weighted by Crippen LogP contribution is -2.33. The molecule has 0 spiro atoms. The van der Waals surface area contributed by atoms with Crippen LogP contribution in [0.2, 0.25) is 0 Å². The fourth-order valence-corrected chi connectivity index (χ4v) is 3.81. The molecule has 1 saturated heterocycles. The van der Waals surface area contributed by atoms with Gasteiger partial charge in [-0.2, -0.15) is 0 Å². The summed E-state index contributed by atoms with van der Waals surface area (Å²) in [6.45, 7) is 0.280. The van der Waals surface area contributed by atoms with Crippen molar-refractivity contribution in [3.63, 3.8) is 0 Å². The van der Waals surface area contributed by atoms with Gasteiger partial charge < -0.3 is 9.57 Å². The Morgan fingerprint density at radius 1 is 1.04 bits per heavy atom. The maximum atomic E-state index is 13.0. The minimum atomic E-state index is -0.922. The fourth-order valence-electron chi connectivity index (χ4n) is 3.55. The second-order valence-corrected chi connectivity index (χ2v) is 7.38. The Morgan fingerprint density at radius 3 is 2.63 bits per heavy atom. The number of benzene rings is 2. The zero-order valence-electron chi connectivity index (χ0n) is 14.0. The first kappa shape index (κ1) is 16.3. The molecule has 27 heavy (non-hydrogen) atoms. The predicted molar refractivity (Wildman–Crippen MR) is 102 cm³/mol. The third-order valence-corrected chi connectivity index (χ3v) is 5.39. The molecule has 0 N–H and O–H groups in total. The zero-order chi connectivity index (χ0) is 18.5. The summed E-state index contributed by atoms with van der Waals surface area (Å²) < 4.78 is 6.63. The summed E-state index contributed by atoms with van der Waals surface area (Å²) in [7, 11) is 0. The van der Waals surface area contributed by atoms with Crippen molar-refractivity contribution >= 4 is 45.2 Å².